The molecule has 0 atom stereocenters. The van der Waals surface area contributed by atoms with E-state index >= 15 is 0 Å². The third kappa shape index (κ3) is 5.73. The fourth-order valence-electron chi connectivity index (χ4n) is 2.37. The van der Waals surface area contributed by atoms with Crippen LogP contribution in [0, 0.1) is 0 Å². The summed E-state index contributed by atoms with van der Waals surface area (Å²) in [7, 11) is 0. The van der Waals surface area contributed by atoms with E-state index in [0.29, 0.717) is 17.0 Å². The highest BCUT2D eigenvalue weighted by atomic mass is 32.1. The van der Waals surface area contributed by atoms with Crippen molar-refractivity contribution in [2.75, 3.05) is 0 Å². The van der Waals surface area contributed by atoms with E-state index in [1.165, 1.54) is 31.2 Å². The number of rotatable bonds is 8. The van der Waals surface area contributed by atoms with E-state index < -0.39 is 0 Å². The van der Waals surface area contributed by atoms with Gasteiger partial charge in [-0.1, -0.05) is 38.3 Å². The van der Waals surface area contributed by atoms with Gasteiger partial charge in [-0.3, -0.25) is 0 Å². The number of aliphatic imine (C=N–C) groups is 1. The molecular weight excluding hydrogens is 318 g/mol. The van der Waals surface area contributed by atoms with Crippen molar-refractivity contribution in [3.63, 3.8) is 0 Å². The quantitative estimate of drug-likeness (QED) is 0.202. The summed E-state index contributed by atoms with van der Waals surface area (Å²) in [5.74, 6) is 0.116. The normalized spacial score (nSPS) is 10.0. The van der Waals surface area contributed by atoms with E-state index in [9.17, 15) is 4.79 Å². The molecule has 4 heteroatoms. The number of isothiocyanates is 1. The zero-order chi connectivity index (χ0) is 17.2. The van der Waals surface area contributed by atoms with E-state index in [0.717, 1.165) is 6.42 Å². The molecule has 0 radical (unpaired) electrons. The van der Waals surface area contributed by atoms with Crippen LogP contribution in [0.4, 0.5) is 5.69 Å². The highest BCUT2D eigenvalue weighted by Crippen LogP contribution is 2.19. The number of hydrogen-bond acceptors (Lipinski definition) is 4. The lowest BCUT2D eigenvalue weighted by atomic mass is 10.0. The molecule has 0 N–H and O–H groups in total. The maximum Gasteiger partial charge on any atom is 0.343 e. The molecule has 0 aromatic heterocycles. The van der Waals surface area contributed by atoms with Crippen LogP contribution < -0.4 is 4.74 Å². The van der Waals surface area contributed by atoms with Crippen molar-refractivity contribution in [2.45, 2.75) is 39.0 Å². The van der Waals surface area contributed by atoms with Gasteiger partial charge in [-0.15, -0.1) is 0 Å². The van der Waals surface area contributed by atoms with Crippen LogP contribution in [-0.4, -0.2) is 11.1 Å². The first-order chi connectivity index (χ1) is 11.7. The molecule has 0 aliphatic heterocycles. The summed E-state index contributed by atoms with van der Waals surface area (Å²) in [4.78, 5) is 16.0. The van der Waals surface area contributed by atoms with Gasteiger partial charge in [0.2, 0.25) is 0 Å². The second kappa shape index (κ2) is 9.76. The highest BCUT2D eigenvalue weighted by Gasteiger charge is 2.08. The minimum absolute atomic E-state index is 0.362. The predicted molar refractivity (Wildman–Crippen MR) is 100 cm³/mol. The largest absolute Gasteiger partial charge is 0.423 e. The predicted octanol–water partition coefficient (Wildman–Crippen LogP) is 5.76. The van der Waals surface area contributed by atoms with Crippen LogP contribution in [0.1, 0.15) is 48.5 Å². The molecule has 0 saturated heterocycles. The minimum Gasteiger partial charge on any atom is -0.423 e. The molecular formula is C20H21NO2S. The van der Waals surface area contributed by atoms with Gasteiger partial charge in [-0.25, -0.2) is 4.79 Å². The Labute approximate surface area is 148 Å². The summed E-state index contributed by atoms with van der Waals surface area (Å²) in [6.45, 7) is 2.21. The molecule has 124 valence electrons. The second-order valence-electron chi connectivity index (χ2n) is 5.59. The van der Waals surface area contributed by atoms with Gasteiger partial charge in [-0.2, -0.15) is 4.99 Å². The Bertz CT molecular complexity index is 701. The van der Waals surface area contributed by atoms with Gasteiger partial charge in [0.15, 0.2) is 0 Å². The number of hydrogen-bond donors (Lipinski definition) is 0. The molecule has 0 aliphatic rings. The molecule has 0 aliphatic carbocycles. The van der Waals surface area contributed by atoms with Crippen LogP contribution >= 0.6 is 12.2 Å². The monoisotopic (exact) mass is 339 g/mol. The number of ether oxygens (including phenoxy) is 1. The zero-order valence-corrected chi connectivity index (χ0v) is 14.6. The fraction of sp³-hybridized carbons (Fsp3) is 0.300. The number of nitrogens with zero attached hydrogens (tertiary/aromatic N) is 1. The standard InChI is InChI=1S/C20H21NO2S/c1-2-3-4-5-6-16-7-9-17(10-8-16)20(22)23-19-13-11-18(12-14-19)21-15-24/h7-14H,2-6H2,1H3. The SMILES string of the molecule is CCCCCCc1ccc(C(=O)Oc2ccc(N=C=S)cc2)cc1. The Morgan fingerprint density at radius 3 is 2.38 bits per heavy atom. The first kappa shape index (κ1) is 18.1. The topological polar surface area (TPSA) is 38.7 Å². The number of aryl methyl sites for hydroxylation is 1. The molecule has 0 bridgehead atoms. The Morgan fingerprint density at radius 2 is 1.75 bits per heavy atom. The van der Waals surface area contributed by atoms with E-state index in [1.54, 1.807) is 24.3 Å². The van der Waals surface area contributed by atoms with Crippen molar-refractivity contribution >= 4 is 29.0 Å². The van der Waals surface area contributed by atoms with Crippen molar-refractivity contribution in [1.29, 1.82) is 0 Å². The Balaban J connectivity index is 1.91. The number of benzene rings is 2. The van der Waals surface area contributed by atoms with Gasteiger partial charge in [0, 0.05) is 0 Å². The van der Waals surface area contributed by atoms with Crippen molar-refractivity contribution in [1.82, 2.24) is 0 Å². The van der Waals surface area contributed by atoms with Crippen molar-refractivity contribution in [3.8, 4) is 5.75 Å². The lowest BCUT2D eigenvalue weighted by Crippen LogP contribution is -2.08. The molecule has 0 heterocycles. The molecule has 0 amide bonds. The Hall–Kier alpha value is -2.29. The minimum atomic E-state index is -0.362. The van der Waals surface area contributed by atoms with Crippen molar-refractivity contribution in [2.24, 2.45) is 4.99 Å². The molecule has 2 aromatic rings. The van der Waals surface area contributed by atoms with E-state index in [1.807, 2.05) is 24.3 Å². The van der Waals surface area contributed by atoms with Crippen LogP contribution in [-0.2, 0) is 6.42 Å². The van der Waals surface area contributed by atoms with Crippen LogP contribution in [0.15, 0.2) is 53.5 Å². The number of carbonyl (C=O) groups excluding carboxylic acids is 1. The Morgan fingerprint density at radius 1 is 1.04 bits per heavy atom. The molecule has 24 heavy (non-hydrogen) atoms. The summed E-state index contributed by atoms with van der Waals surface area (Å²) >= 11 is 4.55. The van der Waals surface area contributed by atoms with Gasteiger partial charge in [0.05, 0.1) is 16.4 Å². The number of unbranched alkanes of at least 4 members (excludes halogenated alkanes) is 3. The summed E-state index contributed by atoms with van der Waals surface area (Å²) < 4.78 is 5.36. The van der Waals surface area contributed by atoms with E-state index in [4.69, 9.17) is 4.74 Å². The number of thiocarbonyl (C=S) groups is 1. The lowest BCUT2D eigenvalue weighted by molar-refractivity contribution is 0.0735. The van der Waals surface area contributed by atoms with Gasteiger partial charge < -0.3 is 4.74 Å². The molecule has 2 rings (SSSR count). The molecule has 0 fully saturated rings. The average Bonchev–Trinajstić information content (AvgIpc) is 2.61. The van der Waals surface area contributed by atoms with Crippen molar-refractivity contribution in [3.05, 3.63) is 59.7 Å². The summed E-state index contributed by atoms with van der Waals surface area (Å²) in [5, 5.41) is 2.30. The summed E-state index contributed by atoms with van der Waals surface area (Å²) in [6.07, 6.45) is 6.01. The number of carbonyl (C=O) groups is 1. The van der Waals surface area contributed by atoms with Crippen LogP contribution in [0.5, 0.6) is 5.75 Å². The molecule has 0 unspecified atom stereocenters. The third-order valence-corrected chi connectivity index (χ3v) is 3.82. The Kier molecular flexibility index (Phi) is 7.34. The summed E-state index contributed by atoms with van der Waals surface area (Å²) in [6, 6.07) is 14.5. The van der Waals surface area contributed by atoms with E-state index in [-0.39, 0.29) is 5.97 Å². The maximum atomic E-state index is 12.2. The van der Waals surface area contributed by atoms with E-state index in [2.05, 4.69) is 29.3 Å². The van der Waals surface area contributed by atoms with Gasteiger partial charge in [0.1, 0.15) is 5.75 Å². The highest BCUT2D eigenvalue weighted by molar-refractivity contribution is 7.78. The molecule has 0 spiro atoms. The third-order valence-electron chi connectivity index (χ3n) is 3.73. The van der Waals surface area contributed by atoms with Crippen LogP contribution in [0.25, 0.3) is 0 Å². The first-order valence-corrected chi connectivity index (χ1v) is 8.63. The summed E-state index contributed by atoms with van der Waals surface area (Å²) in [5.41, 5.74) is 2.48. The second-order valence-corrected chi connectivity index (χ2v) is 5.78. The van der Waals surface area contributed by atoms with Gasteiger partial charge in [0.25, 0.3) is 0 Å². The lowest BCUT2D eigenvalue weighted by Gasteiger charge is -2.06. The smallest absolute Gasteiger partial charge is 0.343 e. The van der Waals surface area contributed by atoms with Crippen LogP contribution in [0.3, 0.4) is 0 Å². The first-order valence-electron chi connectivity index (χ1n) is 8.22. The average molecular weight is 339 g/mol. The van der Waals surface area contributed by atoms with Gasteiger partial charge in [-0.05, 0) is 67.0 Å². The van der Waals surface area contributed by atoms with Gasteiger partial charge >= 0.3 is 5.97 Å². The fourth-order valence-corrected chi connectivity index (χ4v) is 2.48. The number of esters is 1. The van der Waals surface area contributed by atoms with Crippen molar-refractivity contribution < 1.29 is 9.53 Å². The molecule has 0 saturated carbocycles. The van der Waals surface area contributed by atoms with Crippen LogP contribution in [0.2, 0.25) is 0 Å². The molecule has 2 aromatic carbocycles. The zero-order valence-electron chi connectivity index (χ0n) is 13.8. The molecule has 3 nitrogen and oxygen atoms in total. The maximum absolute atomic E-state index is 12.2.